The fraction of sp³-hybridized carbons (Fsp3) is 0.643. The van der Waals surface area contributed by atoms with Crippen molar-refractivity contribution in [3.8, 4) is 5.75 Å². The lowest BCUT2D eigenvalue weighted by Gasteiger charge is -2.27. The van der Waals surface area contributed by atoms with Crippen molar-refractivity contribution in [1.82, 2.24) is 0 Å². The fourth-order valence-electron chi connectivity index (χ4n) is 4.10. The summed E-state index contributed by atoms with van der Waals surface area (Å²) >= 11 is 0. The molecule has 0 aliphatic heterocycles. The number of esters is 2. The van der Waals surface area contributed by atoms with Crippen LogP contribution in [0.4, 0.5) is 13.2 Å². The van der Waals surface area contributed by atoms with Crippen LogP contribution >= 0.6 is 0 Å². The summed E-state index contributed by atoms with van der Waals surface area (Å²) in [5.74, 6) is -0.514. The van der Waals surface area contributed by atoms with E-state index in [0.29, 0.717) is 38.0 Å². The molecular weight excluding hydrogens is 473 g/mol. The molecule has 0 atom stereocenters. The monoisotopic (exact) mass is 512 g/mol. The minimum Gasteiger partial charge on any atom is -0.463 e. The van der Waals surface area contributed by atoms with E-state index in [2.05, 4.69) is 6.92 Å². The average Bonchev–Trinajstić information content (AvgIpc) is 2.85. The van der Waals surface area contributed by atoms with Crippen LogP contribution in [0.3, 0.4) is 0 Å². The molecule has 0 N–H and O–H groups in total. The lowest BCUT2D eigenvalue weighted by molar-refractivity contribution is -0.143. The first-order valence-electron chi connectivity index (χ1n) is 13.1. The van der Waals surface area contributed by atoms with Crippen LogP contribution in [0.15, 0.2) is 30.3 Å². The van der Waals surface area contributed by atoms with Crippen LogP contribution in [0.25, 0.3) is 6.08 Å². The van der Waals surface area contributed by atoms with Crippen molar-refractivity contribution >= 4 is 18.0 Å². The van der Waals surface area contributed by atoms with Gasteiger partial charge in [0.1, 0.15) is 5.75 Å². The molecule has 1 aromatic rings. The van der Waals surface area contributed by atoms with Gasteiger partial charge in [0.25, 0.3) is 0 Å². The van der Waals surface area contributed by atoms with Gasteiger partial charge >= 0.3 is 18.1 Å². The number of benzene rings is 1. The number of hydrogen-bond donors (Lipinski definition) is 0. The van der Waals surface area contributed by atoms with Crippen LogP contribution in [0.5, 0.6) is 5.75 Å². The molecule has 0 aromatic heterocycles. The van der Waals surface area contributed by atoms with Gasteiger partial charge in [-0.15, -0.1) is 0 Å². The highest BCUT2D eigenvalue weighted by molar-refractivity contribution is 5.87. The van der Waals surface area contributed by atoms with Crippen molar-refractivity contribution in [1.29, 1.82) is 0 Å². The van der Waals surface area contributed by atoms with Crippen LogP contribution in [0.1, 0.15) is 89.5 Å². The third-order valence-corrected chi connectivity index (χ3v) is 6.22. The molecule has 0 saturated heterocycles. The van der Waals surface area contributed by atoms with Crippen LogP contribution in [0, 0.1) is 5.92 Å². The van der Waals surface area contributed by atoms with Crippen molar-refractivity contribution in [2.24, 2.45) is 5.92 Å². The zero-order valence-electron chi connectivity index (χ0n) is 21.2. The molecule has 1 aromatic carbocycles. The number of carbonyl (C=O) groups is 2. The number of hydrogen-bond acceptors (Lipinski definition) is 5. The Labute approximate surface area is 212 Å². The Morgan fingerprint density at radius 2 is 1.58 bits per heavy atom. The van der Waals surface area contributed by atoms with E-state index in [1.807, 2.05) is 0 Å². The van der Waals surface area contributed by atoms with E-state index < -0.39 is 12.6 Å². The maximum atomic E-state index is 12.5. The van der Waals surface area contributed by atoms with Gasteiger partial charge in [-0.05, 0) is 62.3 Å². The molecule has 0 amide bonds. The van der Waals surface area contributed by atoms with Crippen LogP contribution in [-0.2, 0) is 19.1 Å². The molecule has 0 unspecified atom stereocenters. The summed E-state index contributed by atoms with van der Waals surface area (Å²) in [5, 5.41) is 0. The number of unbranched alkanes of at least 4 members (excludes halogenated alkanes) is 5. The lowest BCUT2D eigenvalue weighted by atomic mass is 9.87. The summed E-state index contributed by atoms with van der Waals surface area (Å²) in [5.41, 5.74) is 0.787. The molecule has 5 nitrogen and oxygen atoms in total. The van der Waals surface area contributed by atoms with Crippen molar-refractivity contribution in [2.75, 3.05) is 13.2 Å². The SMILES string of the molecule is CCCCCCCCOC(=O)C=Cc1ccc(OC(=O)C2CCC(OCCCC(F)(F)F)CC2)cc1. The van der Waals surface area contributed by atoms with Gasteiger partial charge in [-0.1, -0.05) is 51.2 Å². The smallest absolute Gasteiger partial charge is 0.389 e. The van der Waals surface area contributed by atoms with E-state index >= 15 is 0 Å². The minimum absolute atomic E-state index is 0.0446. The largest absolute Gasteiger partial charge is 0.463 e. The van der Waals surface area contributed by atoms with Crippen LogP contribution in [-0.4, -0.2) is 37.4 Å². The van der Waals surface area contributed by atoms with Gasteiger partial charge in [0.05, 0.1) is 18.6 Å². The normalized spacial score (nSPS) is 18.3. The topological polar surface area (TPSA) is 61.8 Å². The minimum atomic E-state index is -4.15. The quantitative estimate of drug-likeness (QED) is 0.106. The van der Waals surface area contributed by atoms with Crippen LogP contribution in [0.2, 0.25) is 0 Å². The molecule has 8 heteroatoms. The van der Waals surface area contributed by atoms with Gasteiger partial charge in [0.2, 0.25) is 0 Å². The Bertz CT molecular complexity index is 796. The number of carbonyl (C=O) groups excluding carboxylic acids is 2. The summed E-state index contributed by atoms with van der Waals surface area (Å²) in [7, 11) is 0. The Kier molecular flexibility index (Phi) is 13.6. The first kappa shape index (κ1) is 29.9. The summed E-state index contributed by atoms with van der Waals surface area (Å²) in [6.45, 7) is 2.69. The Balaban J connectivity index is 1.63. The maximum Gasteiger partial charge on any atom is 0.389 e. The number of alkyl halides is 3. The standard InChI is InChI=1S/C28H39F3O5/c1-2-3-4-5-6-7-20-35-26(32)18-11-22-9-14-25(15-10-22)36-27(33)23-12-16-24(17-13-23)34-21-8-19-28(29,30)31/h9-11,14-15,18,23-24H,2-8,12-13,16-17,19-21H2,1H3. The predicted octanol–water partition coefficient (Wildman–Crippen LogP) is 7.43. The van der Waals surface area contributed by atoms with Gasteiger partial charge in [0, 0.05) is 19.1 Å². The fourth-order valence-corrected chi connectivity index (χ4v) is 4.10. The second-order valence-electron chi connectivity index (χ2n) is 9.32. The van der Waals surface area contributed by atoms with E-state index in [4.69, 9.17) is 14.2 Å². The molecular formula is C28H39F3O5. The molecule has 2 rings (SSSR count). The Morgan fingerprint density at radius 1 is 0.917 bits per heavy atom. The van der Waals surface area contributed by atoms with E-state index in [0.717, 1.165) is 18.4 Å². The van der Waals surface area contributed by atoms with Gasteiger partial charge in [-0.2, -0.15) is 13.2 Å². The first-order chi connectivity index (χ1) is 17.3. The second-order valence-corrected chi connectivity index (χ2v) is 9.32. The Morgan fingerprint density at radius 3 is 2.25 bits per heavy atom. The van der Waals surface area contributed by atoms with E-state index in [-0.39, 0.29) is 37.0 Å². The van der Waals surface area contributed by atoms with Crippen molar-refractivity contribution < 1.29 is 37.0 Å². The molecule has 1 fully saturated rings. The molecule has 0 radical (unpaired) electrons. The molecule has 1 aliphatic carbocycles. The predicted molar refractivity (Wildman–Crippen MR) is 132 cm³/mol. The highest BCUT2D eigenvalue weighted by Gasteiger charge is 2.29. The average molecular weight is 513 g/mol. The highest BCUT2D eigenvalue weighted by Crippen LogP contribution is 2.29. The molecule has 0 bridgehead atoms. The maximum absolute atomic E-state index is 12.5. The van der Waals surface area contributed by atoms with Gasteiger partial charge in [-0.3, -0.25) is 4.79 Å². The number of halogens is 3. The molecule has 202 valence electrons. The Hall–Kier alpha value is -2.35. The first-order valence-corrected chi connectivity index (χ1v) is 13.1. The zero-order valence-corrected chi connectivity index (χ0v) is 21.2. The van der Waals surface area contributed by atoms with Crippen molar-refractivity contribution in [3.05, 3.63) is 35.9 Å². The van der Waals surface area contributed by atoms with Crippen LogP contribution < -0.4 is 4.74 Å². The molecule has 0 spiro atoms. The van der Waals surface area contributed by atoms with Gasteiger partial charge in [-0.25, -0.2) is 4.79 Å². The summed E-state index contributed by atoms with van der Waals surface area (Å²) in [6.07, 6.45) is 7.13. The highest BCUT2D eigenvalue weighted by atomic mass is 19.4. The molecule has 0 heterocycles. The second kappa shape index (κ2) is 16.4. The number of ether oxygens (including phenoxy) is 3. The zero-order chi connectivity index (χ0) is 26.2. The van der Waals surface area contributed by atoms with E-state index in [1.54, 1.807) is 30.3 Å². The summed E-state index contributed by atoms with van der Waals surface area (Å²) in [6, 6.07) is 6.86. The molecule has 1 saturated carbocycles. The third-order valence-electron chi connectivity index (χ3n) is 6.22. The van der Waals surface area contributed by atoms with Crippen molar-refractivity contribution in [3.63, 3.8) is 0 Å². The van der Waals surface area contributed by atoms with Gasteiger partial charge < -0.3 is 14.2 Å². The van der Waals surface area contributed by atoms with Crippen molar-refractivity contribution in [2.45, 2.75) is 96.3 Å². The summed E-state index contributed by atoms with van der Waals surface area (Å²) in [4.78, 5) is 24.3. The van der Waals surface area contributed by atoms with E-state index in [9.17, 15) is 22.8 Å². The summed E-state index contributed by atoms with van der Waals surface area (Å²) < 4.78 is 52.8. The van der Waals surface area contributed by atoms with E-state index in [1.165, 1.54) is 31.8 Å². The third kappa shape index (κ3) is 13.1. The molecule has 36 heavy (non-hydrogen) atoms. The molecule has 1 aliphatic rings. The number of rotatable bonds is 15. The van der Waals surface area contributed by atoms with Gasteiger partial charge in [0.15, 0.2) is 0 Å². The lowest BCUT2D eigenvalue weighted by Crippen LogP contribution is -2.29.